The van der Waals surface area contributed by atoms with Crippen LogP contribution in [-0.4, -0.2) is 34.8 Å². The molecule has 0 radical (unpaired) electrons. The van der Waals surface area contributed by atoms with Crippen molar-refractivity contribution in [3.05, 3.63) is 35.1 Å². The molecule has 118 valence electrons. The minimum Gasteiger partial charge on any atom is -0.400 e. The first kappa shape index (κ1) is 17.3. The van der Waals surface area contributed by atoms with Gasteiger partial charge in [0.25, 0.3) is 0 Å². The number of hydrogen-bond donors (Lipinski definition) is 1. The number of nitrogens with zero attached hydrogens (tertiary/aromatic N) is 1. The van der Waals surface area contributed by atoms with Crippen molar-refractivity contribution in [1.29, 1.82) is 0 Å². The fourth-order valence-corrected chi connectivity index (χ4v) is 2.34. The Morgan fingerprint density at radius 3 is 2.36 bits per heavy atom. The van der Waals surface area contributed by atoms with Crippen LogP contribution in [0.1, 0.15) is 50.8 Å². The van der Waals surface area contributed by atoms with Gasteiger partial charge in [0.2, 0.25) is 0 Å². The van der Waals surface area contributed by atoms with Gasteiger partial charge in [-0.25, -0.2) is 4.98 Å². The van der Waals surface area contributed by atoms with E-state index < -0.39 is 18.3 Å². The van der Waals surface area contributed by atoms with Crippen molar-refractivity contribution in [1.82, 2.24) is 4.98 Å². The van der Waals surface area contributed by atoms with Gasteiger partial charge in [0.05, 0.1) is 16.9 Å². The lowest BCUT2D eigenvalue weighted by molar-refractivity contribution is 0.00578. The molecular formula is C16H22BNO3S. The molecule has 2 heterocycles. The molecule has 0 aliphatic carbocycles. The molecule has 0 aromatic carbocycles. The lowest BCUT2D eigenvalue weighted by Gasteiger charge is -2.32. The van der Waals surface area contributed by atoms with Crippen molar-refractivity contribution in [2.75, 3.05) is 5.75 Å². The van der Waals surface area contributed by atoms with E-state index in [-0.39, 0.29) is 5.78 Å². The predicted molar refractivity (Wildman–Crippen MR) is 92.2 cm³/mol. The third-order valence-electron chi connectivity index (χ3n) is 4.20. The molecule has 0 N–H and O–H groups in total. The molecule has 0 bridgehead atoms. The molecule has 0 atom stereocenters. The molecule has 2 rings (SSSR count). The molecule has 0 saturated carbocycles. The van der Waals surface area contributed by atoms with E-state index in [9.17, 15) is 4.79 Å². The number of rotatable bonds is 4. The Hall–Kier alpha value is -1.11. The van der Waals surface area contributed by atoms with Crippen molar-refractivity contribution in [2.45, 2.75) is 45.8 Å². The highest BCUT2D eigenvalue weighted by Gasteiger charge is 2.52. The van der Waals surface area contributed by atoms with E-state index in [1.165, 1.54) is 6.92 Å². The van der Waals surface area contributed by atoms with Crippen molar-refractivity contribution in [2.24, 2.45) is 0 Å². The van der Waals surface area contributed by atoms with E-state index in [0.29, 0.717) is 17.1 Å². The van der Waals surface area contributed by atoms with E-state index >= 15 is 0 Å². The molecule has 22 heavy (non-hydrogen) atoms. The Bertz CT molecular complexity index is 597. The maximum absolute atomic E-state index is 11.4. The summed E-state index contributed by atoms with van der Waals surface area (Å²) in [6.07, 6.45) is 1.88. The largest absolute Gasteiger partial charge is 0.491 e. The van der Waals surface area contributed by atoms with Crippen LogP contribution in [0, 0.1) is 0 Å². The third-order valence-corrected chi connectivity index (χ3v) is 4.57. The van der Waals surface area contributed by atoms with Crippen molar-refractivity contribution >= 4 is 31.6 Å². The van der Waals surface area contributed by atoms with Crippen LogP contribution in [0.25, 0.3) is 6.08 Å². The van der Waals surface area contributed by atoms with E-state index in [0.717, 1.165) is 5.47 Å². The van der Waals surface area contributed by atoms with Crippen LogP contribution in [0.2, 0.25) is 0 Å². The molecule has 1 aromatic heterocycles. The van der Waals surface area contributed by atoms with Crippen LogP contribution < -0.4 is 0 Å². The zero-order chi connectivity index (χ0) is 16.5. The summed E-state index contributed by atoms with van der Waals surface area (Å²) in [6.45, 7) is 9.55. The summed E-state index contributed by atoms with van der Waals surface area (Å²) >= 11 is 4.38. The summed E-state index contributed by atoms with van der Waals surface area (Å²) in [4.78, 5) is 15.8. The van der Waals surface area contributed by atoms with E-state index in [1.807, 2.05) is 45.9 Å². The standard InChI is InChI=1S/C16H22BNO3S/c1-11(19)14-8-6-7-13(18-14)9-12(10-22)17-20-15(2,3)16(4,5)21-17/h6-9,22H,10H2,1-5H3. The minimum absolute atomic E-state index is 0.0571. The average Bonchev–Trinajstić information content (AvgIpc) is 2.65. The second kappa shape index (κ2) is 6.18. The molecule has 1 aliphatic heterocycles. The lowest BCUT2D eigenvalue weighted by Crippen LogP contribution is -2.41. The molecule has 1 aromatic rings. The average molecular weight is 319 g/mol. The molecule has 1 saturated heterocycles. The summed E-state index contributed by atoms with van der Waals surface area (Å²) in [7, 11) is -0.453. The van der Waals surface area contributed by atoms with Crippen LogP contribution in [0.3, 0.4) is 0 Å². The summed E-state index contributed by atoms with van der Waals surface area (Å²) in [5.41, 5.74) is 1.24. The number of pyridine rings is 1. The zero-order valence-corrected chi connectivity index (χ0v) is 14.6. The first-order chi connectivity index (χ1) is 10.2. The molecule has 1 fully saturated rings. The monoisotopic (exact) mass is 319 g/mol. The minimum atomic E-state index is -0.453. The third kappa shape index (κ3) is 3.45. The smallest absolute Gasteiger partial charge is 0.400 e. The fraction of sp³-hybridized carbons (Fsp3) is 0.500. The number of carbonyl (C=O) groups excluding carboxylic acids is 1. The molecule has 1 aliphatic rings. The number of Topliss-reactive ketones (excluding diaryl/α,β-unsaturated/α-hetero) is 1. The highest BCUT2D eigenvalue weighted by atomic mass is 32.1. The molecule has 6 heteroatoms. The summed E-state index contributed by atoms with van der Waals surface area (Å²) < 4.78 is 12.1. The van der Waals surface area contributed by atoms with Gasteiger partial charge in [0, 0.05) is 12.7 Å². The predicted octanol–water partition coefficient (Wildman–Crippen LogP) is 3.23. The zero-order valence-electron chi connectivity index (χ0n) is 13.7. The van der Waals surface area contributed by atoms with Gasteiger partial charge in [-0.2, -0.15) is 12.6 Å². The summed E-state index contributed by atoms with van der Waals surface area (Å²) in [6, 6.07) is 5.37. The summed E-state index contributed by atoms with van der Waals surface area (Å²) in [5.74, 6) is 0.432. The second-order valence-electron chi connectivity index (χ2n) is 6.47. The van der Waals surface area contributed by atoms with Crippen molar-refractivity contribution < 1.29 is 14.1 Å². The first-order valence-corrected chi connectivity index (χ1v) is 7.94. The Kier molecular flexibility index (Phi) is 4.85. The number of ketones is 1. The fourth-order valence-electron chi connectivity index (χ4n) is 2.10. The van der Waals surface area contributed by atoms with Gasteiger partial charge in [0.15, 0.2) is 5.78 Å². The van der Waals surface area contributed by atoms with Crippen LogP contribution in [0.4, 0.5) is 0 Å². The van der Waals surface area contributed by atoms with Crippen molar-refractivity contribution in [3.8, 4) is 0 Å². The maximum atomic E-state index is 11.4. The topological polar surface area (TPSA) is 48.4 Å². The van der Waals surface area contributed by atoms with Gasteiger partial charge < -0.3 is 9.31 Å². The second-order valence-corrected chi connectivity index (χ2v) is 6.79. The van der Waals surface area contributed by atoms with Gasteiger partial charge in [0.1, 0.15) is 5.69 Å². The van der Waals surface area contributed by atoms with Gasteiger partial charge in [-0.3, -0.25) is 4.79 Å². The quantitative estimate of drug-likeness (QED) is 0.526. The molecule has 4 nitrogen and oxygen atoms in total. The van der Waals surface area contributed by atoms with Gasteiger partial charge in [-0.1, -0.05) is 6.07 Å². The highest BCUT2D eigenvalue weighted by Crippen LogP contribution is 2.38. The van der Waals surface area contributed by atoms with E-state index in [1.54, 1.807) is 6.07 Å². The SMILES string of the molecule is CC(=O)c1cccc(C=C(CS)B2OC(C)(C)C(C)(C)O2)n1. The van der Waals surface area contributed by atoms with Gasteiger partial charge in [-0.05, 0) is 51.4 Å². The van der Waals surface area contributed by atoms with Crippen LogP contribution in [-0.2, 0) is 9.31 Å². The van der Waals surface area contributed by atoms with Crippen LogP contribution in [0.5, 0.6) is 0 Å². The lowest BCUT2D eigenvalue weighted by atomic mass is 9.78. The molecular weight excluding hydrogens is 297 g/mol. The molecule has 0 amide bonds. The first-order valence-electron chi connectivity index (χ1n) is 7.31. The number of carbonyl (C=O) groups is 1. The van der Waals surface area contributed by atoms with Gasteiger partial charge in [-0.15, -0.1) is 0 Å². The Balaban J connectivity index is 2.29. The Labute approximate surface area is 137 Å². The Morgan fingerprint density at radius 1 is 1.27 bits per heavy atom. The number of aromatic nitrogens is 1. The normalized spacial score (nSPS) is 20.3. The van der Waals surface area contributed by atoms with Crippen LogP contribution in [0.15, 0.2) is 23.7 Å². The van der Waals surface area contributed by atoms with E-state index in [4.69, 9.17) is 9.31 Å². The number of thiol groups is 1. The van der Waals surface area contributed by atoms with Crippen LogP contribution >= 0.6 is 12.6 Å². The highest BCUT2D eigenvalue weighted by molar-refractivity contribution is 7.80. The van der Waals surface area contributed by atoms with Crippen molar-refractivity contribution in [3.63, 3.8) is 0 Å². The molecule has 0 spiro atoms. The maximum Gasteiger partial charge on any atom is 0.491 e. The van der Waals surface area contributed by atoms with Gasteiger partial charge >= 0.3 is 7.12 Å². The molecule has 0 unspecified atom stereocenters. The number of hydrogen-bond acceptors (Lipinski definition) is 5. The summed E-state index contributed by atoms with van der Waals surface area (Å²) in [5, 5.41) is 0. The van der Waals surface area contributed by atoms with E-state index in [2.05, 4.69) is 17.6 Å². The Morgan fingerprint density at radius 2 is 1.86 bits per heavy atom.